The van der Waals surface area contributed by atoms with Gasteiger partial charge in [0.15, 0.2) is 6.61 Å². The molecule has 0 unspecified atom stereocenters. The summed E-state index contributed by atoms with van der Waals surface area (Å²) in [5.41, 5.74) is 0.651. The second-order valence-electron chi connectivity index (χ2n) is 4.88. The number of rotatable bonds is 6. The molecule has 0 aliphatic rings. The Kier molecular flexibility index (Phi) is 5.24. The van der Waals surface area contributed by atoms with Crippen LogP contribution in [0.5, 0.6) is 5.75 Å². The first kappa shape index (κ1) is 16.4. The summed E-state index contributed by atoms with van der Waals surface area (Å²) in [6, 6.07) is 11.1. The number of amides is 1. The topological polar surface area (TPSA) is 81.5 Å². The number of carbonyl (C=O) groups excluding carboxylic acids is 1. The second-order valence-corrected chi connectivity index (χ2v) is 4.88. The van der Waals surface area contributed by atoms with Crippen LogP contribution in [-0.2, 0) is 4.79 Å². The normalized spacial score (nSPS) is 11.6. The van der Waals surface area contributed by atoms with E-state index < -0.39 is 4.92 Å². The van der Waals surface area contributed by atoms with E-state index in [0.717, 1.165) is 5.56 Å². The largest absolute Gasteiger partial charge is 0.484 e. The number of nitro groups is 1. The molecule has 1 N–H and O–H groups in total. The molecule has 0 saturated heterocycles. The SMILES string of the molecule is C[C@@H](NC(=O)COc1cccc([N+](=O)[O-])c1)c1ccc(F)cc1. The van der Waals surface area contributed by atoms with Gasteiger partial charge in [0.1, 0.15) is 11.6 Å². The molecule has 0 spiro atoms. The number of nitro benzene ring substituents is 1. The lowest BCUT2D eigenvalue weighted by molar-refractivity contribution is -0.384. The molecular weight excluding hydrogens is 303 g/mol. The number of benzene rings is 2. The van der Waals surface area contributed by atoms with E-state index in [1.807, 2.05) is 0 Å². The molecule has 120 valence electrons. The van der Waals surface area contributed by atoms with Gasteiger partial charge in [-0.2, -0.15) is 0 Å². The Balaban J connectivity index is 1.88. The van der Waals surface area contributed by atoms with E-state index >= 15 is 0 Å². The van der Waals surface area contributed by atoms with Crippen molar-refractivity contribution >= 4 is 11.6 Å². The molecule has 6 nitrogen and oxygen atoms in total. The number of non-ortho nitro benzene ring substituents is 1. The van der Waals surface area contributed by atoms with Crippen molar-refractivity contribution in [2.75, 3.05) is 6.61 Å². The van der Waals surface area contributed by atoms with Crippen molar-refractivity contribution in [3.8, 4) is 5.75 Å². The predicted octanol–water partition coefficient (Wildman–Crippen LogP) is 2.99. The summed E-state index contributed by atoms with van der Waals surface area (Å²) >= 11 is 0. The minimum Gasteiger partial charge on any atom is -0.484 e. The van der Waals surface area contributed by atoms with E-state index in [1.165, 1.54) is 36.4 Å². The third-order valence-electron chi connectivity index (χ3n) is 3.15. The number of ether oxygens (including phenoxy) is 1. The van der Waals surface area contributed by atoms with Crippen molar-refractivity contribution in [2.24, 2.45) is 0 Å². The van der Waals surface area contributed by atoms with Gasteiger partial charge < -0.3 is 10.1 Å². The maximum Gasteiger partial charge on any atom is 0.273 e. The van der Waals surface area contributed by atoms with Gasteiger partial charge in [-0.1, -0.05) is 18.2 Å². The summed E-state index contributed by atoms with van der Waals surface area (Å²) in [5, 5.41) is 13.4. The number of halogens is 1. The van der Waals surface area contributed by atoms with E-state index in [-0.39, 0.29) is 35.8 Å². The molecule has 2 aromatic carbocycles. The molecule has 0 aliphatic heterocycles. The molecule has 2 aromatic rings. The quantitative estimate of drug-likeness (QED) is 0.656. The summed E-state index contributed by atoms with van der Waals surface area (Å²) in [4.78, 5) is 22.0. The highest BCUT2D eigenvalue weighted by molar-refractivity contribution is 5.78. The Labute approximate surface area is 132 Å². The van der Waals surface area contributed by atoms with Gasteiger partial charge in [-0.15, -0.1) is 0 Å². The van der Waals surface area contributed by atoms with Crippen LogP contribution < -0.4 is 10.1 Å². The van der Waals surface area contributed by atoms with Gasteiger partial charge >= 0.3 is 0 Å². The van der Waals surface area contributed by atoms with Crippen LogP contribution in [0.4, 0.5) is 10.1 Å². The fourth-order valence-corrected chi connectivity index (χ4v) is 1.95. The Hall–Kier alpha value is -2.96. The zero-order valence-corrected chi connectivity index (χ0v) is 12.4. The molecule has 0 aromatic heterocycles. The van der Waals surface area contributed by atoms with Crippen LogP contribution in [-0.4, -0.2) is 17.4 Å². The van der Waals surface area contributed by atoms with Crippen LogP contribution >= 0.6 is 0 Å². The third-order valence-corrected chi connectivity index (χ3v) is 3.15. The summed E-state index contributed by atoms with van der Waals surface area (Å²) in [6.45, 7) is 1.49. The molecule has 1 amide bonds. The van der Waals surface area contributed by atoms with Crippen molar-refractivity contribution < 1.29 is 18.8 Å². The minimum absolute atomic E-state index is 0.109. The summed E-state index contributed by atoms with van der Waals surface area (Å²) in [5.74, 6) is -0.488. The lowest BCUT2D eigenvalue weighted by atomic mass is 10.1. The van der Waals surface area contributed by atoms with Gasteiger partial charge in [-0.05, 0) is 30.7 Å². The van der Waals surface area contributed by atoms with Crippen molar-refractivity contribution in [2.45, 2.75) is 13.0 Å². The summed E-state index contributed by atoms with van der Waals surface area (Å²) < 4.78 is 18.1. The van der Waals surface area contributed by atoms with Crippen molar-refractivity contribution in [1.29, 1.82) is 0 Å². The molecule has 0 fully saturated rings. The molecule has 0 bridgehead atoms. The molecule has 7 heteroatoms. The number of nitrogens with zero attached hydrogens (tertiary/aromatic N) is 1. The summed E-state index contributed by atoms with van der Waals surface area (Å²) in [6.07, 6.45) is 0. The van der Waals surface area contributed by atoms with Gasteiger partial charge in [-0.25, -0.2) is 4.39 Å². The first-order valence-electron chi connectivity index (χ1n) is 6.88. The highest BCUT2D eigenvalue weighted by Crippen LogP contribution is 2.19. The van der Waals surface area contributed by atoms with Gasteiger partial charge in [0.05, 0.1) is 17.0 Å². The Morgan fingerprint density at radius 1 is 1.30 bits per heavy atom. The van der Waals surface area contributed by atoms with Crippen LogP contribution in [0, 0.1) is 15.9 Å². The maximum atomic E-state index is 12.9. The van der Waals surface area contributed by atoms with E-state index in [2.05, 4.69) is 5.32 Å². The van der Waals surface area contributed by atoms with Gasteiger partial charge in [0.25, 0.3) is 11.6 Å². The van der Waals surface area contributed by atoms with Crippen LogP contribution in [0.15, 0.2) is 48.5 Å². The number of hydrogen-bond donors (Lipinski definition) is 1. The van der Waals surface area contributed by atoms with Crippen molar-refractivity contribution in [3.05, 3.63) is 70.0 Å². The van der Waals surface area contributed by atoms with Crippen LogP contribution in [0.2, 0.25) is 0 Å². The van der Waals surface area contributed by atoms with E-state index in [1.54, 1.807) is 19.1 Å². The molecule has 1 atom stereocenters. The molecule has 0 aliphatic carbocycles. The predicted molar refractivity (Wildman–Crippen MR) is 81.5 cm³/mol. The first-order chi connectivity index (χ1) is 11.0. The first-order valence-corrected chi connectivity index (χ1v) is 6.88. The average Bonchev–Trinajstić information content (AvgIpc) is 2.53. The molecule has 0 radical (unpaired) electrons. The third kappa shape index (κ3) is 4.77. The van der Waals surface area contributed by atoms with E-state index in [4.69, 9.17) is 4.74 Å². The lowest BCUT2D eigenvalue weighted by Gasteiger charge is -2.14. The van der Waals surface area contributed by atoms with Gasteiger partial charge in [0.2, 0.25) is 0 Å². The summed E-state index contributed by atoms with van der Waals surface area (Å²) in [7, 11) is 0. The monoisotopic (exact) mass is 318 g/mol. The zero-order chi connectivity index (χ0) is 16.8. The highest BCUT2D eigenvalue weighted by Gasteiger charge is 2.11. The zero-order valence-electron chi connectivity index (χ0n) is 12.4. The highest BCUT2D eigenvalue weighted by atomic mass is 19.1. The molecule has 0 saturated carbocycles. The van der Waals surface area contributed by atoms with Crippen LogP contribution in [0.1, 0.15) is 18.5 Å². The fraction of sp³-hybridized carbons (Fsp3) is 0.188. The van der Waals surface area contributed by atoms with E-state index in [0.29, 0.717) is 0 Å². The number of carbonyl (C=O) groups is 1. The molecule has 2 rings (SSSR count). The maximum absolute atomic E-state index is 12.9. The van der Waals surface area contributed by atoms with Crippen LogP contribution in [0.25, 0.3) is 0 Å². The lowest BCUT2D eigenvalue weighted by Crippen LogP contribution is -2.31. The van der Waals surface area contributed by atoms with Crippen molar-refractivity contribution in [3.63, 3.8) is 0 Å². The second kappa shape index (κ2) is 7.35. The van der Waals surface area contributed by atoms with Crippen molar-refractivity contribution in [1.82, 2.24) is 5.32 Å². The van der Waals surface area contributed by atoms with Gasteiger partial charge in [0, 0.05) is 6.07 Å². The Morgan fingerprint density at radius 3 is 2.65 bits per heavy atom. The molecular formula is C16H15FN2O4. The smallest absolute Gasteiger partial charge is 0.273 e. The molecule has 0 heterocycles. The number of nitrogens with one attached hydrogen (secondary N) is 1. The minimum atomic E-state index is -0.538. The average molecular weight is 318 g/mol. The number of hydrogen-bond acceptors (Lipinski definition) is 4. The standard InChI is InChI=1S/C16H15FN2O4/c1-11(12-5-7-13(17)8-6-12)18-16(20)10-23-15-4-2-3-14(9-15)19(21)22/h2-9,11H,10H2,1H3,(H,18,20)/t11-/m1/s1. The molecule has 23 heavy (non-hydrogen) atoms. The van der Waals surface area contributed by atoms with E-state index in [9.17, 15) is 19.3 Å². The fourth-order valence-electron chi connectivity index (χ4n) is 1.95. The Bertz CT molecular complexity index is 703. The Morgan fingerprint density at radius 2 is 2.00 bits per heavy atom. The van der Waals surface area contributed by atoms with Gasteiger partial charge in [-0.3, -0.25) is 14.9 Å². The van der Waals surface area contributed by atoms with Crippen LogP contribution in [0.3, 0.4) is 0 Å².